The number of aromatic nitrogens is 2. The molecule has 4 nitrogen and oxygen atoms in total. The molecule has 2 aromatic rings. The second-order valence-electron chi connectivity index (χ2n) is 3.17. The number of hydrogen-bond donors (Lipinski definition) is 2. The van der Waals surface area contributed by atoms with Crippen molar-refractivity contribution in [2.75, 3.05) is 5.73 Å². The Bertz CT molecular complexity index is 595. The van der Waals surface area contributed by atoms with Crippen LogP contribution < -0.4 is 11.3 Å². The van der Waals surface area contributed by atoms with E-state index < -0.39 is 5.56 Å². The summed E-state index contributed by atoms with van der Waals surface area (Å²) in [6, 6.07) is 6.54. The summed E-state index contributed by atoms with van der Waals surface area (Å²) in [6.45, 7) is 0. The van der Waals surface area contributed by atoms with Gasteiger partial charge in [0.1, 0.15) is 5.69 Å². The number of anilines is 1. The smallest absolute Gasteiger partial charge is 0.287 e. The fourth-order valence-corrected chi connectivity index (χ4v) is 1.52. The van der Waals surface area contributed by atoms with Crippen LogP contribution in [0.5, 0.6) is 0 Å². The minimum absolute atomic E-state index is 0.107. The van der Waals surface area contributed by atoms with Crippen LogP contribution in [-0.2, 0) is 0 Å². The molecule has 2 rings (SSSR count). The molecule has 0 amide bonds. The minimum atomic E-state index is -0.413. The number of aromatic amines is 1. The van der Waals surface area contributed by atoms with E-state index in [0.29, 0.717) is 15.7 Å². The number of hydrogen-bond acceptors (Lipinski definition) is 3. The fraction of sp³-hybridized carbons (Fsp3) is 0. The third kappa shape index (κ3) is 2.03. The van der Waals surface area contributed by atoms with E-state index in [0.717, 1.165) is 5.56 Å². The van der Waals surface area contributed by atoms with Crippen LogP contribution in [0.3, 0.4) is 0 Å². The number of nitrogens with two attached hydrogens (primary N) is 1. The fourth-order valence-electron chi connectivity index (χ4n) is 1.22. The predicted octanol–water partition coefficient (Wildman–Crippen LogP) is 2.33. The second kappa shape index (κ2) is 4.15. The summed E-state index contributed by atoms with van der Waals surface area (Å²) in [4.78, 5) is 11.0. The van der Waals surface area contributed by atoms with Gasteiger partial charge in [0.25, 0.3) is 5.56 Å². The van der Waals surface area contributed by atoms with Crippen molar-refractivity contribution in [3.63, 3.8) is 0 Å². The van der Waals surface area contributed by atoms with E-state index in [2.05, 4.69) is 10.2 Å². The average molecular weight is 256 g/mol. The third-order valence-corrected chi connectivity index (χ3v) is 2.79. The van der Waals surface area contributed by atoms with Gasteiger partial charge in [-0.2, -0.15) is 5.10 Å². The minimum Gasteiger partial charge on any atom is -0.394 e. The molecule has 0 aliphatic carbocycles. The molecule has 3 N–H and O–H groups in total. The topological polar surface area (TPSA) is 71.8 Å². The lowest BCUT2D eigenvalue weighted by atomic mass is 10.1. The lowest BCUT2D eigenvalue weighted by molar-refractivity contribution is 1.000. The quantitative estimate of drug-likeness (QED) is 0.822. The highest BCUT2D eigenvalue weighted by Crippen LogP contribution is 2.27. The summed E-state index contributed by atoms with van der Waals surface area (Å²) in [5, 5.41) is 7.04. The molecule has 0 saturated carbocycles. The van der Waals surface area contributed by atoms with Crippen LogP contribution in [0.2, 0.25) is 10.0 Å². The molecule has 0 aliphatic heterocycles. The molecular formula is C10H7Cl2N3O. The number of nitrogens with zero attached hydrogens (tertiary/aromatic N) is 1. The Labute approximate surface area is 101 Å². The first-order valence-corrected chi connectivity index (χ1v) is 5.14. The number of rotatable bonds is 1. The van der Waals surface area contributed by atoms with Crippen LogP contribution in [0.25, 0.3) is 11.3 Å². The van der Waals surface area contributed by atoms with Gasteiger partial charge in [-0.1, -0.05) is 29.3 Å². The normalized spacial score (nSPS) is 10.4. The van der Waals surface area contributed by atoms with Crippen molar-refractivity contribution in [2.24, 2.45) is 0 Å². The summed E-state index contributed by atoms with van der Waals surface area (Å²) >= 11 is 11.7. The van der Waals surface area contributed by atoms with Gasteiger partial charge < -0.3 is 5.73 Å². The molecule has 82 valence electrons. The molecule has 0 unspecified atom stereocenters. The Morgan fingerprint density at radius 3 is 2.56 bits per heavy atom. The van der Waals surface area contributed by atoms with Crippen molar-refractivity contribution in [3.05, 3.63) is 44.7 Å². The molecule has 16 heavy (non-hydrogen) atoms. The zero-order valence-electron chi connectivity index (χ0n) is 8.00. The predicted molar refractivity (Wildman–Crippen MR) is 64.7 cm³/mol. The van der Waals surface area contributed by atoms with Gasteiger partial charge in [0, 0.05) is 5.56 Å². The highest BCUT2D eigenvalue weighted by Gasteiger charge is 2.05. The molecule has 0 spiro atoms. The molecule has 0 aliphatic rings. The maximum Gasteiger partial charge on any atom is 0.287 e. The maximum atomic E-state index is 11.0. The molecule has 0 bridgehead atoms. The van der Waals surface area contributed by atoms with Crippen molar-refractivity contribution in [2.45, 2.75) is 0 Å². The van der Waals surface area contributed by atoms with Crippen molar-refractivity contribution >= 4 is 28.9 Å². The Balaban J connectivity index is 2.54. The Hall–Kier alpha value is -1.52. The van der Waals surface area contributed by atoms with Gasteiger partial charge in [-0.25, -0.2) is 5.10 Å². The van der Waals surface area contributed by atoms with E-state index in [4.69, 9.17) is 28.9 Å². The molecule has 1 aromatic carbocycles. The van der Waals surface area contributed by atoms with Crippen LogP contribution in [0, 0.1) is 0 Å². The Morgan fingerprint density at radius 1 is 1.19 bits per heavy atom. The van der Waals surface area contributed by atoms with Crippen LogP contribution in [-0.4, -0.2) is 10.2 Å². The van der Waals surface area contributed by atoms with Crippen molar-refractivity contribution < 1.29 is 0 Å². The number of benzene rings is 1. The van der Waals surface area contributed by atoms with Gasteiger partial charge in [0.05, 0.1) is 15.7 Å². The van der Waals surface area contributed by atoms with Crippen molar-refractivity contribution in [1.82, 2.24) is 10.2 Å². The van der Waals surface area contributed by atoms with Gasteiger partial charge in [-0.05, 0) is 18.2 Å². The van der Waals surface area contributed by atoms with Gasteiger partial charge in [-0.15, -0.1) is 0 Å². The van der Waals surface area contributed by atoms with Gasteiger partial charge in [0.2, 0.25) is 0 Å². The summed E-state index contributed by atoms with van der Waals surface area (Å²) in [7, 11) is 0. The molecule has 0 atom stereocenters. The number of halogens is 2. The zero-order chi connectivity index (χ0) is 11.7. The molecular weight excluding hydrogens is 249 g/mol. The third-order valence-electron chi connectivity index (χ3n) is 2.05. The number of nitrogens with one attached hydrogen (secondary N) is 1. The highest BCUT2D eigenvalue weighted by molar-refractivity contribution is 6.42. The van der Waals surface area contributed by atoms with Crippen molar-refractivity contribution in [1.29, 1.82) is 0 Å². The first-order valence-electron chi connectivity index (χ1n) is 4.38. The second-order valence-corrected chi connectivity index (χ2v) is 3.98. The highest BCUT2D eigenvalue weighted by atomic mass is 35.5. The lowest BCUT2D eigenvalue weighted by Gasteiger charge is -2.02. The maximum absolute atomic E-state index is 11.0. The molecule has 1 aromatic heterocycles. The van der Waals surface area contributed by atoms with Gasteiger partial charge in [0.15, 0.2) is 0 Å². The molecule has 0 fully saturated rings. The van der Waals surface area contributed by atoms with Crippen LogP contribution in [0.15, 0.2) is 29.1 Å². The Kier molecular flexibility index (Phi) is 2.85. The zero-order valence-corrected chi connectivity index (χ0v) is 9.51. The number of H-pyrrole nitrogens is 1. The summed E-state index contributed by atoms with van der Waals surface area (Å²) in [5.41, 5.74) is 6.45. The van der Waals surface area contributed by atoms with Crippen LogP contribution >= 0.6 is 23.2 Å². The van der Waals surface area contributed by atoms with Crippen LogP contribution in [0.1, 0.15) is 0 Å². The molecule has 0 radical (unpaired) electrons. The van der Waals surface area contributed by atoms with E-state index in [1.165, 1.54) is 6.07 Å². The summed E-state index contributed by atoms with van der Waals surface area (Å²) in [6.07, 6.45) is 0. The first-order chi connectivity index (χ1) is 7.58. The summed E-state index contributed by atoms with van der Waals surface area (Å²) in [5.74, 6) is 0. The van der Waals surface area contributed by atoms with E-state index in [1.807, 2.05) is 0 Å². The van der Waals surface area contributed by atoms with E-state index in [-0.39, 0.29) is 5.69 Å². The number of nitrogen functional groups attached to an aromatic ring is 1. The van der Waals surface area contributed by atoms with E-state index in [1.54, 1.807) is 18.2 Å². The molecule has 0 saturated heterocycles. The average Bonchev–Trinajstić information content (AvgIpc) is 2.26. The van der Waals surface area contributed by atoms with Gasteiger partial charge >= 0.3 is 0 Å². The summed E-state index contributed by atoms with van der Waals surface area (Å²) < 4.78 is 0. The SMILES string of the molecule is Nc1cc(-c2ccc(Cl)c(Cl)c2)n[nH]c1=O. The first kappa shape index (κ1) is 11.0. The largest absolute Gasteiger partial charge is 0.394 e. The van der Waals surface area contributed by atoms with Crippen LogP contribution in [0.4, 0.5) is 5.69 Å². The standard InChI is InChI=1S/C10H7Cl2N3O/c11-6-2-1-5(3-7(6)12)9-4-8(13)10(16)15-14-9/h1-4H,(H2,13,14)(H,15,16). The lowest BCUT2D eigenvalue weighted by Crippen LogP contribution is -2.13. The van der Waals surface area contributed by atoms with E-state index >= 15 is 0 Å². The van der Waals surface area contributed by atoms with Gasteiger partial charge in [-0.3, -0.25) is 4.79 Å². The Morgan fingerprint density at radius 2 is 1.94 bits per heavy atom. The van der Waals surface area contributed by atoms with E-state index in [9.17, 15) is 4.79 Å². The molecule has 1 heterocycles. The molecule has 6 heteroatoms. The monoisotopic (exact) mass is 255 g/mol. The van der Waals surface area contributed by atoms with Crippen molar-refractivity contribution in [3.8, 4) is 11.3 Å².